The van der Waals surface area contributed by atoms with Crippen molar-refractivity contribution in [1.29, 1.82) is 0 Å². The van der Waals surface area contributed by atoms with Gasteiger partial charge in [0.25, 0.3) is 0 Å². The molecule has 2 aliphatic carbocycles. The Bertz CT molecular complexity index is 1520. The van der Waals surface area contributed by atoms with E-state index in [0.717, 1.165) is 16.7 Å². The Morgan fingerprint density at radius 1 is 0.604 bits per heavy atom. The van der Waals surface area contributed by atoms with Crippen LogP contribution in [0.3, 0.4) is 0 Å². The quantitative estimate of drug-likeness (QED) is 0.113. The smallest absolute Gasteiger partial charge is 0.334 e. The fourth-order valence-electron chi connectivity index (χ4n) is 6.32. The van der Waals surface area contributed by atoms with Gasteiger partial charge >= 0.3 is 5.97 Å². The molecule has 0 spiro atoms. The zero-order chi connectivity index (χ0) is 35.9. The van der Waals surface area contributed by atoms with Gasteiger partial charge in [0.1, 0.15) is 6.61 Å². The third-order valence-electron chi connectivity index (χ3n) is 9.53. The van der Waals surface area contributed by atoms with E-state index < -0.39 is 0 Å². The molecule has 2 heteroatoms. The normalized spacial score (nSPS) is 20.8. The van der Waals surface area contributed by atoms with Crippen molar-refractivity contribution < 1.29 is 9.53 Å². The Kier molecular flexibility index (Phi) is 16.4. The Hall–Kier alpha value is -3.65. The van der Waals surface area contributed by atoms with Crippen molar-refractivity contribution in [3.8, 4) is 0 Å². The largest absolute Gasteiger partial charge is 0.458 e. The van der Waals surface area contributed by atoms with E-state index >= 15 is 0 Å². The van der Waals surface area contributed by atoms with E-state index in [0.29, 0.717) is 5.57 Å². The third kappa shape index (κ3) is 14.2. The summed E-state index contributed by atoms with van der Waals surface area (Å²) in [5, 5.41) is 0. The van der Waals surface area contributed by atoms with Crippen molar-refractivity contribution in [2.75, 3.05) is 6.61 Å². The molecule has 48 heavy (non-hydrogen) atoms. The lowest BCUT2D eigenvalue weighted by Gasteiger charge is -2.33. The van der Waals surface area contributed by atoms with E-state index in [9.17, 15) is 4.79 Å². The first kappa shape index (κ1) is 40.5. The number of allylic oxidation sites excluding steroid dienone is 22. The maximum absolute atomic E-state index is 12.6. The molecule has 0 aromatic rings. The molecule has 0 aliphatic heterocycles. The van der Waals surface area contributed by atoms with Gasteiger partial charge in [-0.05, 0) is 121 Å². The van der Waals surface area contributed by atoms with Gasteiger partial charge in [0.05, 0.1) is 0 Å². The van der Waals surface area contributed by atoms with Crippen LogP contribution in [0.5, 0.6) is 0 Å². The molecule has 0 bridgehead atoms. The molecule has 2 rings (SSSR count). The van der Waals surface area contributed by atoms with Crippen molar-refractivity contribution in [2.45, 2.75) is 122 Å². The molecule has 0 saturated heterocycles. The van der Waals surface area contributed by atoms with Crippen molar-refractivity contribution in [2.24, 2.45) is 10.8 Å². The average molecular weight is 649 g/mol. The Morgan fingerprint density at radius 3 is 1.46 bits per heavy atom. The SMILES string of the molecule is CC1=C(/C=C/C(C)=C/C=C/C(C)=C/C=C(\C)COC(=O)/C(C)=C/C=C(C)/C=C/C=C(C)/C=C/C2=C(C)CCCC2(C)C)C(C)(C)CCC1. The summed E-state index contributed by atoms with van der Waals surface area (Å²) in [4.78, 5) is 12.6. The number of hydrogen-bond acceptors (Lipinski definition) is 2. The van der Waals surface area contributed by atoms with Gasteiger partial charge in [0.15, 0.2) is 0 Å². The van der Waals surface area contributed by atoms with E-state index in [-0.39, 0.29) is 23.4 Å². The maximum atomic E-state index is 12.6. The topological polar surface area (TPSA) is 26.3 Å². The molecule has 0 saturated carbocycles. The molecule has 2 aliphatic rings. The predicted octanol–water partition coefficient (Wildman–Crippen LogP) is 13.5. The van der Waals surface area contributed by atoms with Crippen LogP contribution in [0.1, 0.15) is 122 Å². The summed E-state index contributed by atoms with van der Waals surface area (Å²) in [6.07, 6.45) is 37.0. The number of ether oxygens (including phenoxy) is 1. The molecule has 0 heterocycles. The van der Waals surface area contributed by atoms with Crippen LogP contribution in [-0.4, -0.2) is 12.6 Å². The highest BCUT2D eigenvalue weighted by molar-refractivity contribution is 5.88. The number of carbonyl (C=O) groups is 1. The molecular formula is C46H64O2. The second-order valence-electron chi connectivity index (χ2n) is 15.3. The Morgan fingerprint density at radius 2 is 1.02 bits per heavy atom. The molecule has 2 nitrogen and oxygen atoms in total. The highest BCUT2D eigenvalue weighted by atomic mass is 16.5. The van der Waals surface area contributed by atoms with Crippen molar-refractivity contribution >= 4 is 5.97 Å². The first-order chi connectivity index (χ1) is 22.5. The summed E-state index contributed by atoms with van der Waals surface area (Å²) < 4.78 is 5.54. The number of carbonyl (C=O) groups excluding carboxylic acids is 1. The summed E-state index contributed by atoms with van der Waals surface area (Å²) in [7, 11) is 0. The Labute approximate surface area is 294 Å². The molecule has 260 valence electrons. The summed E-state index contributed by atoms with van der Waals surface area (Å²) in [6, 6.07) is 0. The summed E-state index contributed by atoms with van der Waals surface area (Å²) in [6.45, 7) is 26.4. The molecule has 0 fully saturated rings. The van der Waals surface area contributed by atoms with Gasteiger partial charge in [-0.3, -0.25) is 0 Å². The van der Waals surface area contributed by atoms with E-state index in [1.54, 1.807) is 6.92 Å². The Balaban J connectivity index is 1.86. The monoisotopic (exact) mass is 648 g/mol. The van der Waals surface area contributed by atoms with Gasteiger partial charge in [0, 0.05) is 5.57 Å². The minimum Gasteiger partial charge on any atom is -0.458 e. The highest BCUT2D eigenvalue weighted by Gasteiger charge is 2.27. The van der Waals surface area contributed by atoms with Gasteiger partial charge in [0.2, 0.25) is 0 Å². The first-order valence-corrected chi connectivity index (χ1v) is 17.8. The van der Waals surface area contributed by atoms with Gasteiger partial charge in [-0.25, -0.2) is 4.79 Å². The lowest BCUT2D eigenvalue weighted by molar-refractivity contribution is -0.138. The second kappa shape index (κ2) is 19.4. The minimum atomic E-state index is -0.302. The van der Waals surface area contributed by atoms with E-state index in [4.69, 9.17) is 4.74 Å². The molecule has 0 atom stereocenters. The van der Waals surface area contributed by atoms with E-state index in [1.807, 2.05) is 32.1 Å². The van der Waals surface area contributed by atoms with Crippen molar-refractivity contribution in [3.63, 3.8) is 0 Å². The maximum Gasteiger partial charge on any atom is 0.334 e. The highest BCUT2D eigenvalue weighted by Crippen LogP contribution is 2.41. The van der Waals surface area contributed by atoms with Crippen LogP contribution in [0.25, 0.3) is 0 Å². The lowest BCUT2D eigenvalue weighted by Crippen LogP contribution is -2.19. The van der Waals surface area contributed by atoms with Crippen LogP contribution in [0, 0.1) is 10.8 Å². The fraction of sp³-hybridized carbons (Fsp3) is 0.457. The third-order valence-corrected chi connectivity index (χ3v) is 9.53. The fourth-order valence-corrected chi connectivity index (χ4v) is 6.32. The average Bonchev–Trinajstić information content (AvgIpc) is 3.00. The van der Waals surface area contributed by atoms with Crippen LogP contribution in [0.2, 0.25) is 0 Å². The summed E-state index contributed by atoms with van der Waals surface area (Å²) >= 11 is 0. The van der Waals surface area contributed by atoms with Crippen molar-refractivity contribution in [1.82, 2.24) is 0 Å². The zero-order valence-corrected chi connectivity index (χ0v) is 32.3. The van der Waals surface area contributed by atoms with Crippen LogP contribution >= 0.6 is 0 Å². The predicted molar refractivity (Wildman–Crippen MR) is 211 cm³/mol. The lowest BCUT2D eigenvalue weighted by atomic mass is 9.72. The standard InChI is InChI=1S/C46H64O2/c1-34(17-13-19-36(3)26-29-42-39(6)21-15-31-45(42,9)10)23-24-38(5)33-48-44(47)41(8)28-25-35(2)18-14-20-37(4)27-30-43-40(7)22-16-32-46(43,11)12/h13-14,17-20,23-30H,15-16,21-22,31-33H2,1-12H3/b17-13+,18-14+,29-26+,30-27+,34-23+,35-25+,36-19+,37-20+,38-24+,41-28+. The number of hydrogen-bond donors (Lipinski definition) is 0. The van der Waals surface area contributed by atoms with E-state index in [1.165, 1.54) is 72.0 Å². The molecule has 0 amide bonds. The molecule has 0 radical (unpaired) electrons. The number of rotatable bonds is 13. The molecule has 0 unspecified atom stereocenters. The van der Waals surface area contributed by atoms with Gasteiger partial charge in [-0.2, -0.15) is 0 Å². The number of esters is 1. The molecular weight excluding hydrogens is 585 g/mol. The van der Waals surface area contributed by atoms with Crippen LogP contribution in [0.4, 0.5) is 0 Å². The molecule has 0 aromatic heterocycles. The van der Waals surface area contributed by atoms with Crippen LogP contribution in [0.15, 0.2) is 141 Å². The van der Waals surface area contributed by atoms with Crippen LogP contribution < -0.4 is 0 Å². The van der Waals surface area contributed by atoms with Crippen molar-refractivity contribution in [3.05, 3.63) is 141 Å². The molecule has 0 aromatic carbocycles. The first-order valence-electron chi connectivity index (χ1n) is 17.8. The van der Waals surface area contributed by atoms with Gasteiger partial charge < -0.3 is 4.74 Å². The van der Waals surface area contributed by atoms with Gasteiger partial charge in [-0.15, -0.1) is 0 Å². The van der Waals surface area contributed by atoms with Gasteiger partial charge in [-0.1, -0.05) is 146 Å². The minimum absolute atomic E-state index is 0.251. The zero-order valence-electron chi connectivity index (χ0n) is 32.3. The summed E-state index contributed by atoms with van der Waals surface area (Å²) in [5.74, 6) is -0.302. The summed E-state index contributed by atoms with van der Waals surface area (Å²) in [5.41, 5.74) is 12.7. The molecule has 0 N–H and O–H groups in total. The van der Waals surface area contributed by atoms with Crippen LogP contribution in [-0.2, 0) is 9.53 Å². The second-order valence-corrected chi connectivity index (χ2v) is 15.3. The van der Waals surface area contributed by atoms with E-state index in [2.05, 4.69) is 129 Å².